The van der Waals surface area contributed by atoms with Crippen molar-refractivity contribution in [1.29, 1.82) is 5.41 Å². The maximum Gasteiger partial charge on any atom is 0.108 e. The van der Waals surface area contributed by atoms with E-state index in [0.717, 1.165) is 25.2 Å². The molecule has 0 aliphatic carbocycles. The quantitative estimate of drug-likeness (QED) is 0.565. The van der Waals surface area contributed by atoms with Gasteiger partial charge in [0.05, 0.1) is 11.7 Å². The van der Waals surface area contributed by atoms with Crippen LogP contribution in [-0.2, 0) is 6.54 Å². The molecule has 4 nitrogen and oxygen atoms in total. The lowest BCUT2D eigenvalue weighted by Gasteiger charge is -2.28. The highest BCUT2D eigenvalue weighted by Gasteiger charge is 2.18. The summed E-state index contributed by atoms with van der Waals surface area (Å²) in [5, 5.41) is 7.57. The van der Waals surface area contributed by atoms with Crippen molar-refractivity contribution in [1.82, 2.24) is 9.88 Å². The Morgan fingerprint density at radius 1 is 1.50 bits per heavy atom. The number of rotatable bonds is 6. The fourth-order valence-electron chi connectivity index (χ4n) is 1.82. The van der Waals surface area contributed by atoms with Gasteiger partial charge in [-0.15, -0.1) is 0 Å². The van der Waals surface area contributed by atoms with Crippen LogP contribution in [0.2, 0.25) is 0 Å². The van der Waals surface area contributed by atoms with Crippen LogP contribution < -0.4 is 5.73 Å². The maximum absolute atomic E-state index is 7.57. The van der Waals surface area contributed by atoms with Gasteiger partial charge in [0.2, 0.25) is 0 Å². The summed E-state index contributed by atoms with van der Waals surface area (Å²) in [6.45, 7) is 5.74. The van der Waals surface area contributed by atoms with Crippen LogP contribution in [0.25, 0.3) is 0 Å². The van der Waals surface area contributed by atoms with Crippen molar-refractivity contribution in [2.45, 2.75) is 32.9 Å². The van der Waals surface area contributed by atoms with E-state index in [2.05, 4.69) is 16.8 Å². The number of aromatic nitrogens is 1. The van der Waals surface area contributed by atoms with E-state index in [-0.39, 0.29) is 11.9 Å². The first-order valence-electron chi connectivity index (χ1n) is 5.66. The fraction of sp³-hybridized carbons (Fsp3) is 0.500. The Bertz CT molecular complexity index is 323. The Hall–Kier alpha value is -1.42. The molecule has 0 radical (unpaired) electrons. The van der Waals surface area contributed by atoms with Gasteiger partial charge in [0.25, 0.3) is 0 Å². The molecule has 0 saturated heterocycles. The molecule has 1 aromatic heterocycles. The number of nitrogens with one attached hydrogen (secondary N) is 1. The van der Waals surface area contributed by atoms with E-state index in [1.54, 1.807) is 6.20 Å². The normalized spacial score (nSPS) is 12.7. The second-order valence-electron chi connectivity index (χ2n) is 3.76. The van der Waals surface area contributed by atoms with Crippen LogP contribution in [0.1, 0.15) is 26.0 Å². The largest absolute Gasteiger partial charge is 0.386 e. The second kappa shape index (κ2) is 6.23. The van der Waals surface area contributed by atoms with E-state index >= 15 is 0 Å². The second-order valence-corrected chi connectivity index (χ2v) is 3.76. The van der Waals surface area contributed by atoms with Crippen molar-refractivity contribution >= 4 is 5.84 Å². The molecule has 1 atom stereocenters. The van der Waals surface area contributed by atoms with Crippen molar-refractivity contribution in [3.05, 3.63) is 30.1 Å². The first-order chi connectivity index (χ1) is 7.69. The van der Waals surface area contributed by atoms with Crippen LogP contribution in [0, 0.1) is 5.41 Å². The van der Waals surface area contributed by atoms with Crippen LogP contribution >= 0.6 is 0 Å². The van der Waals surface area contributed by atoms with Crippen molar-refractivity contribution < 1.29 is 0 Å². The summed E-state index contributed by atoms with van der Waals surface area (Å²) in [7, 11) is 0. The predicted molar refractivity (Wildman–Crippen MR) is 66.3 cm³/mol. The SMILES string of the molecule is CCC(C(=N)N)N(CC)Cc1ccccn1. The van der Waals surface area contributed by atoms with Crippen LogP contribution in [0.5, 0.6) is 0 Å². The number of nitrogens with two attached hydrogens (primary N) is 1. The molecular formula is C12H20N4. The van der Waals surface area contributed by atoms with Crippen molar-refractivity contribution in [2.24, 2.45) is 5.73 Å². The van der Waals surface area contributed by atoms with Gasteiger partial charge < -0.3 is 5.73 Å². The van der Waals surface area contributed by atoms with Gasteiger partial charge in [-0.1, -0.05) is 19.9 Å². The molecule has 1 unspecified atom stereocenters. The molecule has 0 saturated carbocycles. The topological polar surface area (TPSA) is 66.0 Å². The van der Waals surface area contributed by atoms with E-state index in [1.165, 1.54) is 0 Å². The van der Waals surface area contributed by atoms with Gasteiger partial charge in [0, 0.05) is 12.7 Å². The Kier molecular flexibility index (Phi) is 4.92. The molecular weight excluding hydrogens is 200 g/mol. The Balaban J connectivity index is 2.71. The van der Waals surface area contributed by atoms with Crippen LogP contribution in [0.3, 0.4) is 0 Å². The smallest absolute Gasteiger partial charge is 0.108 e. The average molecular weight is 220 g/mol. The number of amidine groups is 1. The molecule has 0 aliphatic heterocycles. The molecule has 0 fully saturated rings. The number of pyridine rings is 1. The third-order valence-corrected chi connectivity index (χ3v) is 2.68. The monoisotopic (exact) mass is 220 g/mol. The zero-order valence-corrected chi connectivity index (χ0v) is 9.98. The highest BCUT2D eigenvalue weighted by Crippen LogP contribution is 2.08. The van der Waals surface area contributed by atoms with E-state index in [4.69, 9.17) is 11.1 Å². The minimum Gasteiger partial charge on any atom is -0.386 e. The molecule has 16 heavy (non-hydrogen) atoms. The van der Waals surface area contributed by atoms with Gasteiger partial charge >= 0.3 is 0 Å². The molecule has 1 rings (SSSR count). The maximum atomic E-state index is 7.57. The average Bonchev–Trinajstić information content (AvgIpc) is 2.29. The standard InChI is InChI=1S/C12H20N4/c1-3-11(12(13)14)16(4-2)9-10-7-5-6-8-15-10/h5-8,11H,3-4,9H2,1-2H3,(H3,13,14). The Labute approximate surface area is 97.0 Å². The number of hydrogen-bond acceptors (Lipinski definition) is 3. The van der Waals surface area contributed by atoms with Gasteiger partial charge in [-0.2, -0.15) is 0 Å². The number of nitrogens with zero attached hydrogens (tertiary/aromatic N) is 2. The summed E-state index contributed by atoms with van der Waals surface area (Å²) in [5.41, 5.74) is 6.62. The summed E-state index contributed by atoms with van der Waals surface area (Å²) in [5.74, 6) is 0.236. The molecule has 88 valence electrons. The van der Waals surface area contributed by atoms with Gasteiger partial charge in [-0.3, -0.25) is 15.3 Å². The van der Waals surface area contributed by atoms with E-state index < -0.39 is 0 Å². The zero-order chi connectivity index (χ0) is 12.0. The molecule has 0 aromatic carbocycles. The molecule has 4 heteroatoms. The van der Waals surface area contributed by atoms with Crippen molar-refractivity contribution in [3.63, 3.8) is 0 Å². The van der Waals surface area contributed by atoms with Crippen LogP contribution in [0.4, 0.5) is 0 Å². The van der Waals surface area contributed by atoms with Gasteiger partial charge in [-0.25, -0.2) is 0 Å². The lowest BCUT2D eigenvalue weighted by Crippen LogP contribution is -2.43. The van der Waals surface area contributed by atoms with Crippen LogP contribution in [-0.4, -0.2) is 28.3 Å². The number of hydrogen-bond donors (Lipinski definition) is 2. The molecule has 0 bridgehead atoms. The van der Waals surface area contributed by atoms with E-state index in [0.29, 0.717) is 0 Å². The molecule has 0 aliphatic rings. The highest BCUT2D eigenvalue weighted by atomic mass is 15.2. The zero-order valence-electron chi connectivity index (χ0n) is 9.98. The third-order valence-electron chi connectivity index (χ3n) is 2.68. The summed E-state index contributed by atoms with van der Waals surface area (Å²) < 4.78 is 0. The lowest BCUT2D eigenvalue weighted by molar-refractivity contribution is 0.236. The molecule has 0 spiro atoms. The third kappa shape index (κ3) is 3.31. The van der Waals surface area contributed by atoms with Crippen molar-refractivity contribution in [3.8, 4) is 0 Å². The number of likely N-dealkylation sites (N-methyl/N-ethyl adjacent to an activating group) is 1. The minimum absolute atomic E-state index is 0.0204. The molecule has 1 heterocycles. The summed E-state index contributed by atoms with van der Waals surface area (Å²) in [6, 6.07) is 5.90. The summed E-state index contributed by atoms with van der Waals surface area (Å²) >= 11 is 0. The van der Waals surface area contributed by atoms with Gasteiger partial charge in [-0.05, 0) is 25.1 Å². The predicted octanol–water partition coefficient (Wildman–Crippen LogP) is 1.62. The molecule has 0 amide bonds. The minimum atomic E-state index is 0.0204. The van der Waals surface area contributed by atoms with Gasteiger partial charge in [0.15, 0.2) is 0 Å². The summed E-state index contributed by atoms with van der Waals surface area (Å²) in [6.07, 6.45) is 2.65. The Morgan fingerprint density at radius 2 is 2.25 bits per heavy atom. The van der Waals surface area contributed by atoms with Crippen LogP contribution in [0.15, 0.2) is 24.4 Å². The van der Waals surface area contributed by atoms with E-state index in [1.807, 2.05) is 25.1 Å². The Morgan fingerprint density at radius 3 is 2.69 bits per heavy atom. The van der Waals surface area contributed by atoms with Gasteiger partial charge in [0.1, 0.15) is 5.84 Å². The lowest BCUT2D eigenvalue weighted by atomic mass is 10.1. The van der Waals surface area contributed by atoms with E-state index in [9.17, 15) is 0 Å². The first-order valence-corrected chi connectivity index (χ1v) is 5.66. The molecule has 3 N–H and O–H groups in total. The fourth-order valence-corrected chi connectivity index (χ4v) is 1.82. The van der Waals surface area contributed by atoms with Crippen molar-refractivity contribution in [2.75, 3.05) is 6.54 Å². The molecule has 1 aromatic rings. The summed E-state index contributed by atoms with van der Waals surface area (Å²) in [4.78, 5) is 6.46. The highest BCUT2D eigenvalue weighted by molar-refractivity contribution is 5.82. The first kappa shape index (κ1) is 12.6.